The van der Waals surface area contributed by atoms with Gasteiger partial charge in [0, 0.05) is 11.3 Å². The molecule has 0 bridgehead atoms. The minimum absolute atomic E-state index is 0.00792. The van der Waals surface area contributed by atoms with Gasteiger partial charge in [-0.25, -0.2) is 4.98 Å². The molecule has 1 atom stereocenters. The molecular formula is C20H23N5O2. The second kappa shape index (κ2) is 8.01. The number of imidazole rings is 1. The number of para-hydroxylation sites is 2. The fourth-order valence-electron chi connectivity index (χ4n) is 2.63. The Morgan fingerprint density at radius 2 is 1.93 bits per heavy atom. The number of amides is 2. The van der Waals surface area contributed by atoms with Gasteiger partial charge in [0.25, 0.3) is 0 Å². The summed E-state index contributed by atoms with van der Waals surface area (Å²) in [5, 5.41) is 5.33. The van der Waals surface area contributed by atoms with E-state index < -0.39 is 6.04 Å². The number of aromatic amines is 1. The van der Waals surface area contributed by atoms with Crippen molar-refractivity contribution in [2.45, 2.75) is 19.9 Å². The molecule has 1 heterocycles. The molecular weight excluding hydrogens is 342 g/mol. The molecule has 3 aromatic rings. The van der Waals surface area contributed by atoms with Gasteiger partial charge >= 0.3 is 0 Å². The lowest BCUT2D eigenvalue weighted by Gasteiger charge is -2.15. The van der Waals surface area contributed by atoms with E-state index in [1.54, 1.807) is 6.07 Å². The van der Waals surface area contributed by atoms with E-state index in [0.717, 1.165) is 22.4 Å². The molecule has 0 unspecified atom stereocenters. The first-order valence-corrected chi connectivity index (χ1v) is 8.82. The SMILES string of the molecule is CC(C)[C@H](N)C(=O)NCC(=O)Nc1cccc(-c2nc3ccccc3[nH]2)c1. The Bertz CT molecular complexity index is 931. The number of fused-ring (bicyclic) bond motifs is 1. The highest BCUT2D eigenvalue weighted by Crippen LogP contribution is 2.22. The number of H-pyrrole nitrogens is 1. The number of carbonyl (C=O) groups is 2. The summed E-state index contributed by atoms with van der Waals surface area (Å²) in [7, 11) is 0. The van der Waals surface area contributed by atoms with Gasteiger partial charge in [-0.3, -0.25) is 9.59 Å². The first kappa shape index (κ1) is 18.6. The van der Waals surface area contributed by atoms with Gasteiger partial charge in [0.05, 0.1) is 23.6 Å². The van der Waals surface area contributed by atoms with Gasteiger partial charge in [-0.1, -0.05) is 38.1 Å². The first-order chi connectivity index (χ1) is 12.9. The zero-order valence-electron chi connectivity index (χ0n) is 15.3. The van der Waals surface area contributed by atoms with Gasteiger partial charge in [-0.15, -0.1) is 0 Å². The van der Waals surface area contributed by atoms with Crippen LogP contribution in [0, 0.1) is 5.92 Å². The summed E-state index contributed by atoms with van der Waals surface area (Å²) in [5.74, 6) is 0.0781. The van der Waals surface area contributed by atoms with Crippen LogP contribution in [-0.2, 0) is 9.59 Å². The van der Waals surface area contributed by atoms with Gasteiger partial charge in [-0.2, -0.15) is 0 Å². The van der Waals surface area contributed by atoms with Crippen LogP contribution in [-0.4, -0.2) is 34.4 Å². The molecule has 7 heteroatoms. The molecule has 2 amide bonds. The third kappa shape index (κ3) is 4.51. The summed E-state index contributed by atoms with van der Waals surface area (Å²) >= 11 is 0. The Morgan fingerprint density at radius 1 is 1.15 bits per heavy atom. The van der Waals surface area contributed by atoms with Crippen LogP contribution in [0.4, 0.5) is 5.69 Å². The number of carbonyl (C=O) groups excluding carboxylic acids is 2. The van der Waals surface area contributed by atoms with Crippen LogP contribution < -0.4 is 16.4 Å². The number of nitrogens with two attached hydrogens (primary N) is 1. The largest absolute Gasteiger partial charge is 0.346 e. The minimum Gasteiger partial charge on any atom is -0.346 e. The zero-order chi connectivity index (χ0) is 19.4. The van der Waals surface area contributed by atoms with Crippen molar-refractivity contribution in [1.82, 2.24) is 15.3 Å². The predicted molar refractivity (Wildman–Crippen MR) is 106 cm³/mol. The van der Waals surface area contributed by atoms with Crippen LogP contribution >= 0.6 is 0 Å². The maximum Gasteiger partial charge on any atom is 0.243 e. The molecule has 27 heavy (non-hydrogen) atoms. The van der Waals surface area contributed by atoms with Crippen molar-refractivity contribution >= 4 is 28.5 Å². The van der Waals surface area contributed by atoms with Crippen LogP contribution in [0.2, 0.25) is 0 Å². The molecule has 1 aromatic heterocycles. The average Bonchev–Trinajstić information content (AvgIpc) is 3.10. The van der Waals surface area contributed by atoms with Gasteiger partial charge in [-0.05, 0) is 30.2 Å². The van der Waals surface area contributed by atoms with Crippen molar-refractivity contribution in [2.24, 2.45) is 11.7 Å². The van der Waals surface area contributed by atoms with Crippen LogP contribution in [0.25, 0.3) is 22.4 Å². The van der Waals surface area contributed by atoms with Crippen molar-refractivity contribution in [3.63, 3.8) is 0 Å². The Kier molecular flexibility index (Phi) is 5.52. The summed E-state index contributed by atoms with van der Waals surface area (Å²) in [6.07, 6.45) is 0. The fourth-order valence-corrected chi connectivity index (χ4v) is 2.63. The van der Waals surface area contributed by atoms with Gasteiger partial charge in [0.15, 0.2) is 0 Å². The first-order valence-electron chi connectivity index (χ1n) is 8.82. The number of aromatic nitrogens is 2. The number of nitrogens with one attached hydrogen (secondary N) is 3. The molecule has 0 saturated carbocycles. The summed E-state index contributed by atoms with van der Waals surface area (Å²) in [5.41, 5.74) is 9.07. The second-order valence-electron chi connectivity index (χ2n) is 6.72. The molecule has 0 aliphatic heterocycles. The maximum absolute atomic E-state index is 12.1. The minimum atomic E-state index is -0.630. The molecule has 0 fully saturated rings. The average molecular weight is 365 g/mol. The van der Waals surface area contributed by atoms with Gasteiger partial charge in [0.2, 0.25) is 11.8 Å². The van der Waals surface area contributed by atoms with Crippen molar-refractivity contribution in [3.8, 4) is 11.4 Å². The van der Waals surface area contributed by atoms with Crippen molar-refractivity contribution in [3.05, 3.63) is 48.5 Å². The predicted octanol–water partition coefficient (Wildman–Crippen LogP) is 2.27. The number of anilines is 1. The van der Waals surface area contributed by atoms with E-state index in [0.29, 0.717) is 5.69 Å². The summed E-state index contributed by atoms with van der Waals surface area (Å²) in [4.78, 5) is 31.8. The zero-order valence-corrected chi connectivity index (χ0v) is 15.3. The number of rotatable bonds is 6. The Balaban J connectivity index is 1.65. The molecule has 0 radical (unpaired) electrons. The Hall–Kier alpha value is -3.19. The second-order valence-corrected chi connectivity index (χ2v) is 6.72. The lowest BCUT2D eigenvalue weighted by atomic mass is 10.1. The van der Waals surface area contributed by atoms with Crippen molar-refractivity contribution < 1.29 is 9.59 Å². The van der Waals surface area contributed by atoms with Crippen molar-refractivity contribution in [2.75, 3.05) is 11.9 Å². The van der Waals surface area contributed by atoms with E-state index in [1.165, 1.54) is 0 Å². The standard InChI is InChI=1S/C20H23N5O2/c1-12(2)18(21)20(27)22-11-17(26)23-14-7-5-6-13(10-14)19-24-15-8-3-4-9-16(15)25-19/h3-10,12,18H,11,21H2,1-2H3,(H,22,27)(H,23,26)(H,24,25)/t18-/m0/s1. The van der Waals surface area contributed by atoms with E-state index in [1.807, 2.05) is 56.3 Å². The van der Waals surface area contributed by atoms with Gasteiger partial charge < -0.3 is 21.4 Å². The number of nitrogens with zero attached hydrogens (tertiary/aromatic N) is 1. The van der Waals surface area contributed by atoms with E-state index in [-0.39, 0.29) is 24.3 Å². The van der Waals surface area contributed by atoms with E-state index in [4.69, 9.17) is 5.73 Å². The van der Waals surface area contributed by atoms with Gasteiger partial charge in [0.1, 0.15) is 5.82 Å². The molecule has 0 aliphatic rings. The van der Waals surface area contributed by atoms with Crippen LogP contribution in [0.5, 0.6) is 0 Å². The molecule has 140 valence electrons. The Morgan fingerprint density at radius 3 is 2.67 bits per heavy atom. The molecule has 5 N–H and O–H groups in total. The summed E-state index contributed by atoms with van der Waals surface area (Å²) < 4.78 is 0. The topological polar surface area (TPSA) is 113 Å². The molecule has 2 aromatic carbocycles. The third-order valence-electron chi connectivity index (χ3n) is 4.25. The number of benzene rings is 2. The fraction of sp³-hybridized carbons (Fsp3) is 0.250. The number of hydrogen-bond donors (Lipinski definition) is 4. The summed E-state index contributed by atoms with van der Waals surface area (Å²) in [6, 6.07) is 14.5. The van der Waals surface area contributed by atoms with Crippen molar-refractivity contribution in [1.29, 1.82) is 0 Å². The van der Waals surface area contributed by atoms with Crippen LogP contribution in [0.1, 0.15) is 13.8 Å². The van der Waals surface area contributed by atoms with Crippen LogP contribution in [0.3, 0.4) is 0 Å². The quantitative estimate of drug-likeness (QED) is 0.537. The third-order valence-corrected chi connectivity index (χ3v) is 4.25. The van der Waals surface area contributed by atoms with E-state index >= 15 is 0 Å². The highest BCUT2D eigenvalue weighted by Gasteiger charge is 2.17. The van der Waals surface area contributed by atoms with Crippen LogP contribution in [0.15, 0.2) is 48.5 Å². The molecule has 0 spiro atoms. The smallest absolute Gasteiger partial charge is 0.243 e. The molecule has 7 nitrogen and oxygen atoms in total. The molecule has 0 saturated heterocycles. The molecule has 0 aliphatic carbocycles. The van der Waals surface area contributed by atoms with E-state index in [9.17, 15) is 9.59 Å². The highest BCUT2D eigenvalue weighted by atomic mass is 16.2. The maximum atomic E-state index is 12.1. The summed E-state index contributed by atoms with van der Waals surface area (Å²) in [6.45, 7) is 3.58. The molecule has 3 rings (SSSR count). The lowest BCUT2D eigenvalue weighted by molar-refractivity contribution is -0.125. The highest BCUT2D eigenvalue weighted by molar-refractivity contribution is 5.95. The van der Waals surface area contributed by atoms with E-state index in [2.05, 4.69) is 20.6 Å². The lowest BCUT2D eigenvalue weighted by Crippen LogP contribution is -2.46. The Labute approximate surface area is 157 Å². The number of hydrogen-bond acceptors (Lipinski definition) is 4. The monoisotopic (exact) mass is 365 g/mol. The normalized spacial score (nSPS) is 12.1.